The highest BCUT2D eigenvalue weighted by Crippen LogP contribution is 2.28. The molecule has 1 N–H and O–H groups in total. The molecule has 134 valence electrons. The largest absolute Gasteiger partial charge is 0.444 e. The van der Waals surface area contributed by atoms with Crippen LogP contribution in [0, 0.1) is 5.92 Å². The number of carbonyl (C=O) groups excluding carboxylic acids is 1. The zero-order chi connectivity index (χ0) is 17.0. The van der Waals surface area contributed by atoms with E-state index >= 15 is 0 Å². The molecule has 0 spiro atoms. The smallest absolute Gasteiger partial charge is 0.410 e. The topological polar surface area (TPSA) is 50.8 Å². The third-order valence-electron chi connectivity index (χ3n) is 5.09. The summed E-state index contributed by atoms with van der Waals surface area (Å²) in [6.07, 6.45) is 6.20. The lowest BCUT2D eigenvalue weighted by molar-refractivity contribution is 0.0252. The first-order chi connectivity index (χ1) is 10.8. The Morgan fingerprint density at radius 3 is 2.35 bits per heavy atom. The van der Waals surface area contributed by atoms with Crippen LogP contribution in [0.25, 0.3) is 0 Å². The first-order valence-electron chi connectivity index (χ1n) is 9.09. The Morgan fingerprint density at radius 1 is 1.17 bits per heavy atom. The Balaban J connectivity index is 1.86. The zero-order valence-corrected chi connectivity index (χ0v) is 15.4. The van der Waals surface area contributed by atoms with Gasteiger partial charge in [-0.1, -0.05) is 13.3 Å². The quantitative estimate of drug-likeness (QED) is 0.862. The fourth-order valence-electron chi connectivity index (χ4n) is 3.69. The molecule has 1 heterocycles. The van der Waals surface area contributed by atoms with Crippen LogP contribution in [0.15, 0.2) is 0 Å². The number of rotatable bonds is 4. The molecule has 2 aliphatic rings. The molecule has 0 radical (unpaired) electrons. The van der Waals surface area contributed by atoms with E-state index in [1.807, 2.05) is 20.8 Å². The summed E-state index contributed by atoms with van der Waals surface area (Å²) in [5.41, 5.74) is -0.455. The molecule has 1 saturated heterocycles. The van der Waals surface area contributed by atoms with E-state index in [1.165, 1.54) is 32.1 Å². The summed E-state index contributed by atoms with van der Waals surface area (Å²) in [7, 11) is 1.73. The average molecular weight is 326 g/mol. The minimum absolute atomic E-state index is 0.0476. The average Bonchev–Trinajstić information content (AvgIpc) is 2.89. The molecule has 1 amide bonds. The standard InChI is InChI=1S/C18H34N2O3/c1-6-13-7-9-14(10-8-13)19-15-11-20(12-16(15)22-5)17(21)23-18(2,3)4/h13-16,19H,6-12H2,1-5H3/t13?,14?,15?,16-/m0/s1. The van der Waals surface area contributed by atoms with Gasteiger partial charge in [-0.05, 0) is 52.4 Å². The molecule has 5 nitrogen and oxygen atoms in total. The lowest BCUT2D eigenvalue weighted by Crippen LogP contribution is -2.47. The summed E-state index contributed by atoms with van der Waals surface area (Å²) >= 11 is 0. The fourth-order valence-corrected chi connectivity index (χ4v) is 3.69. The Labute approximate surface area is 141 Å². The van der Waals surface area contributed by atoms with Crippen LogP contribution in [-0.2, 0) is 9.47 Å². The molecule has 1 aliphatic carbocycles. The normalized spacial score (nSPS) is 32.1. The van der Waals surface area contributed by atoms with Gasteiger partial charge < -0.3 is 19.7 Å². The van der Waals surface area contributed by atoms with Crippen molar-refractivity contribution >= 4 is 6.09 Å². The van der Waals surface area contributed by atoms with Gasteiger partial charge in [-0.2, -0.15) is 0 Å². The maximum absolute atomic E-state index is 12.3. The van der Waals surface area contributed by atoms with Gasteiger partial charge in [0.25, 0.3) is 0 Å². The highest BCUT2D eigenvalue weighted by Gasteiger charge is 2.38. The van der Waals surface area contributed by atoms with Crippen LogP contribution in [0.4, 0.5) is 4.79 Å². The Bertz CT molecular complexity index is 386. The van der Waals surface area contributed by atoms with Crippen molar-refractivity contribution in [2.75, 3.05) is 20.2 Å². The molecule has 1 unspecified atom stereocenters. The minimum atomic E-state index is -0.455. The Morgan fingerprint density at radius 2 is 1.83 bits per heavy atom. The van der Waals surface area contributed by atoms with Gasteiger partial charge in [0.15, 0.2) is 0 Å². The second-order valence-corrected chi connectivity index (χ2v) is 8.06. The summed E-state index contributed by atoms with van der Waals surface area (Å²) in [4.78, 5) is 14.0. The zero-order valence-electron chi connectivity index (χ0n) is 15.4. The van der Waals surface area contributed by atoms with Crippen molar-refractivity contribution in [3.05, 3.63) is 0 Å². The third-order valence-corrected chi connectivity index (χ3v) is 5.09. The highest BCUT2D eigenvalue weighted by atomic mass is 16.6. The molecule has 0 bridgehead atoms. The number of methoxy groups -OCH3 is 1. The van der Waals surface area contributed by atoms with Crippen molar-refractivity contribution in [2.45, 2.75) is 83.6 Å². The number of nitrogens with one attached hydrogen (secondary N) is 1. The van der Waals surface area contributed by atoms with Crippen LogP contribution in [-0.4, -0.2) is 55.0 Å². The van der Waals surface area contributed by atoms with Crippen LogP contribution < -0.4 is 5.32 Å². The van der Waals surface area contributed by atoms with Crippen LogP contribution in [0.3, 0.4) is 0 Å². The van der Waals surface area contributed by atoms with E-state index in [1.54, 1.807) is 12.0 Å². The lowest BCUT2D eigenvalue weighted by atomic mass is 9.84. The van der Waals surface area contributed by atoms with Crippen LogP contribution >= 0.6 is 0 Å². The summed E-state index contributed by atoms with van der Waals surface area (Å²) in [6.45, 7) is 9.26. The number of ether oxygens (including phenoxy) is 2. The van der Waals surface area contributed by atoms with Crippen LogP contribution in [0.2, 0.25) is 0 Å². The summed E-state index contributed by atoms with van der Waals surface area (Å²) < 4.78 is 11.1. The van der Waals surface area contributed by atoms with E-state index in [0.29, 0.717) is 19.1 Å². The van der Waals surface area contributed by atoms with E-state index in [2.05, 4.69) is 12.2 Å². The van der Waals surface area contributed by atoms with Gasteiger partial charge in [0.2, 0.25) is 0 Å². The van der Waals surface area contributed by atoms with E-state index in [0.717, 1.165) is 5.92 Å². The molecule has 1 aliphatic heterocycles. The van der Waals surface area contributed by atoms with Crippen molar-refractivity contribution in [1.29, 1.82) is 0 Å². The van der Waals surface area contributed by atoms with Crippen LogP contribution in [0.1, 0.15) is 59.8 Å². The van der Waals surface area contributed by atoms with Crippen molar-refractivity contribution in [3.8, 4) is 0 Å². The van der Waals surface area contributed by atoms with Gasteiger partial charge in [0.1, 0.15) is 5.60 Å². The van der Waals surface area contributed by atoms with Gasteiger partial charge in [0, 0.05) is 19.7 Å². The highest BCUT2D eigenvalue weighted by molar-refractivity contribution is 5.68. The van der Waals surface area contributed by atoms with Crippen LogP contribution in [0.5, 0.6) is 0 Å². The molecule has 5 heteroatoms. The first kappa shape index (κ1) is 18.5. The van der Waals surface area contributed by atoms with Gasteiger partial charge >= 0.3 is 6.09 Å². The maximum Gasteiger partial charge on any atom is 0.410 e. The molecule has 1 saturated carbocycles. The maximum atomic E-state index is 12.3. The minimum Gasteiger partial charge on any atom is -0.444 e. The van der Waals surface area contributed by atoms with Gasteiger partial charge in [-0.15, -0.1) is 0 Å². The molecule has 2 atom stereocenters. The van der Waals surface area contributed by atoms with Gasteiger partial charge in [0.05, 0.1) is 18.7 Å². The molecule has 0 aromatic carbocycles. The van der Waals surface area contributed by atoms with Gasteiger partial charge in [-0.3, -0.25) is 0 Å². The number of hydrogen-bond acceptors (Lipinski definition) is 4. The molecule has 0 aromatic heterocycles. The summed E-state index contributed by atoms with van der Waals surface area (Å²) in [5.74, 6) is 0.896. The van der Waals surface area contributed by atoms with E-state index in [4.69, 9.17) is 9.47 Å². The molecule has 2 fully saturated rings. The SMILES string of the molecule is CCC1CCC(NC2CN(C(=O)OC(C)(C)C)C[C@@H]2OC)CC1. The number of hydrogen-bond donors (Lipinski definition) is 1. The van der Waals surface area contributed by atoms with E-state index in [-0.39, 0.29) is 18.2 Å². The Kier molecular flexibility index (Phi) is 6.32. The van der Waals surface area contributed by atoms with Crippen molar-refractivity contribution in [2.24, 2.45) is 5.92 Å². The first-order valence-corrected chi connectivity index (χ1v) is 9.09. The number of amides is 1. The van der Waals surface area contributed by atoms with E-state index < -0.39 is 5.60 Å². The van der Waals surface area contributed by atoms with Gasteiger partial charge in [-0.25, -0.2) is 4.79 Å². The summed E-state index contributed by atoms with van der Waals surface area (Å²) in [6, 6.07) is 0.759. The predicted molar refractivity (Wildman–Crippen MR) is 91.6 cm³/mol. The fraction of sp³-hybridized carbons (Fsp3) is 0.944. The molecule has 2 rings (SSSR count). The number of carbonyl (C=O) groups is 1. The number of likely N-dealkylation sites (tertiary alicyclic amines) is 1. The second-order valence-electron chi connectivity index (χ2n) is 8.06. The molecule has 0 aromatic rings. The van der Waals surface area contributed by atoms with Crippen molar-refractivity contribution < 1.29 is 14.3 Å². The van der Waals surface area contributed by atoms with Crippen molar-refractivity contribution in [3.63, 3.8) is 0 Å². The Hall–Kier alpha value is -0.810. The van der Waals surface area contributed by atoms with Crippen molar-refractivity contribution in [1.82, 2.24) is 10.2 Å². The molecular formula is C18H34N2O3. The molecule has 23 heavy (non-hydrogen) atoms. The summed E-state index contributed by atoms with van der Waals surface area (Å²) in [5, 5.41) is 3.74. The monoisotopic (exact) mass is 326 g/mol. The second kappa shape index (κ2) is 7.84. The number of nitrogens with zero attached hydrogens (tertiary/aromatic N) is 1. The molecular weight excluding hydrogens is 292 g/mol. The predicted octanol–water partition coefficient (Wildman–Crippen LogP) is 3.18. The third kappa shape index (κ3) is 5.35. The van der Waals surface area contributed by atoms with E-state index in [9.17, 15) is 4.79 Å². The lowest BCUT2D eigenvalue weighted by Gasteiger charge is -2.32.